The predicted octanol–water partition coefficient (Wildman–Crippen LogP) is 12.0. The van der Waals surface area contributed by atoms with Crippen molar-refractivity contribution in [2.45, 2.75) is 89.5 Å². The van der Waals surface area contributed by atoms with Gasteiger partial charge in [-0.05, 0) is 129 Å². The molecule has 6 fully saturated rings. The fourth-order valence-electron chi connectivity index (χ4n) is 14.1. The first kappa shape index (κ1) is 25.8. The molecule has 5 aromatic rings. The first-order valence-corrected chi connectivity index (χ1v) is 19.5. The summed E-state index contributed by atoms with van der Waals surface area (Å²) < 4.78 is 5.87. The van der Waals surface area contributed by atoms with Crippen LogP contribution in [-0.4, -0.2) is 4.57 Å². The predicted molar refractivity (Wildman–Crippen MR) is 186 cm³/mol. The van der Waals surface area contributed by atoms with Gasteiger partial charge in [0.2, 0.25) is 0 Å². The van der Waals surface area contributed by atoms with Gasteiger partial charge in [-0.25, -0.2) is 0 Å². The molecule has 2 aromatic heterocycles. The SMILES string of the molecule is c1ccc2c(c1)sc1c2ccc2c3ccccc3n(C3CCC4C(C3)C3CCCC5C6CCCCC6C6CCCC4C6C53)c21. The van der Waals surface area contributed by atoms with Gasteiger partial charge in [0.1, 0.15) is 0 Å². The molecule has 6 saturated carbocycles. The van der Waals surface area contributed by atoms with Gasteiger partial charge in [0.05, 0.1) is 10.2 Å². The van der Waals surface area contributed by atoms with Crippen LogP contribution in [0.2, 0.25) is 0 Å². The maximum Gasteiger partial charge on any atom is 0.0675 e. The number of rotatable bonds is 1. The first-order chi connectivity index (χ1) is 21.8. The summed E-state index contributed by atoms with van der Waals surface area (Å²) in [5, 5.41) is 5.85. The number of benzene rings is 3. The van der Waals surface area contributed by atoms with Crippen molar-refractivity contribution in [2.75, 3.05) is 0 Å². The molecule has 6 aliphatic rings. The van der Waals surface area contributed by atoms with Crippen LogP contribution in [0.4, 0.5) is 0 Å². The molecule has 0 N–H and O–H groups in total. The van der Waals surface area contributed by atoms with E-state index in [9.17, 15) is 0 Å². The molecule has 11 rings (SSSR count). The fraction of sp³-hybridized carbons (Fsp3) is 0.571. The summed E-state index contributed by atoms with van der Waals surface area (Å²) in [5.41, 5.74) is 3.04. The molecule has 44 heavy (non-hydrogen) atoms. The Labute approximate surface area is 266 Å². The van der Waals surface area contributed by atoms with Crippen LogP contribution >= 0.6 is 11.3 Å². The quantitative estimate of drug-likeness (QED) is 0.181. The number of nitrogens with zero attached hydrogens (tertiary/aromatic N) is 1. The minimum absolute atomic E-state index is 0.636. The van der Waals surface area contributed by atoms with E-state index >= 15 is 0 Å². The van der Waals surface area contributed by atoms with Crippen LogP contribution in [0.25, 0.3) is 42.0 Å². The molecule has 6 aliphatic carbocycles. The Balaban J connectivity index is 1.05. The van der Waals surface area contributed by atoms with E-state index in [0.717, 1.165) is 59.2 Å². The van der Waals surface area contributed by atoms with Crippen molar-refractivity contribution in [2.24, 2.45) is 59.2 Å². The second kappa shape index (κ2) is 9.60. The summed E-state index contributed by atoms with van der Waals surface area (Å²) in [5.74, 6) is 10.6. The molecule has 226 valence electrons. The zero-order valence-electron chi connectivity index (χ0n) is 26.2. The summed E-state index contributed by atoms with van der Waals surface area (Å²) in [7, 11) is 0. The van der Waals surface area contributed by atoms with E-state index in [-0.39, 0.29) is 0 Å². The second-order valence-electron chi connectivity index (χ2n) is 16.4. The molecule has 0 aliphatic heterocycles. The third kappa shape index (κ3) is 3.37. The highest BCUT2D eigenvalue weighted by Crippen LogP contribution is 2.69. The molecule has 3 aromatic carbocycles. The van der Waals surface area contributed by atoms with Crippen LogP contribution < -0.4 is 0 Å². The van der Waals surface area contributed by atoms with E-state index in [2.05, 4.69) is 65.2 Å². The van der Waals surface area contributed by atoms with Crippen molar-refractivity contribution >= 4 is 53.3 Å². The van der Waals surface area contributed by atoms with Crippen molar-refractivity contribution in [1.82, 2.24) is 4.57 Å². The van der Waals surface area contributed by atoms with Crippen molar-refractivity contribution in [3.8, 4) is 0 Å². The first-order valence-electron chi connectivity index (χ1n) is 18.7. The lowest BCUT2D eigenvalue weighted by atomic mass is 9.38. The van der Waals surface area contributed by atoms with Gasteiger partial charge in [-0.2, -0.15) is 0 Å². The molecule has 0 spiro atoms. The Bertz CT molecular complexity index is 1910. The van der Waals surface area contributed by atoms with Crippen molar-refractivity contribution in [3.05, 3.63) is 60.7 Å². The Morgan fingerprint density at radius 1 is 0.477 bits per heavy atom. The van der Waals surface area contributed by atoms with Crippen LogP contribution in [-0.2, 0) is 0 Å². The number of hydrogen-bond donors (Lipinski definition) is 0. The van der Waals surface area contributed by atoms with Gasteiger partial charge in [-0.1, -0.05) is 74.2 Å². The maximum atomic E-state index is 2.91. The van der Waals surface area contributed by atoms with Crippen LogP contribution in [0.5, 0.6) is 0 Å². The molecular formula is C42H47NS. The van der Waals surface area contributed by atoms with E-state index in [4.69, 9.17) is 0 Å². The number of aromatic nitrogens is 1. The third-order valence-corrected chi connectivity index (χ3v) is 16.3. The average Bonchev–Trinajstić information content (AvgIpc) is 3.64. The second-order valence-corrected chi connectivity index (χ2v) is 17.5. The normalized spacial score (nSPS) is 39.8. The Hall–Kier alpha value is -2.32. The summed E-state index contributed by atoms with van der Waals surface area (Å²) in [6.07, 6.45) is 19.9. The maximum absolute atomic E-state index is 2.91. The Kier molecular flexibility index (Phi) is 5.63. The van der Waals surface area contributed by atoms with Crippen molar-refractivity contribution in [1.29, 1.82) is 0 Å². The lowest BCUT2D eigenvalue weighted by Gasteiger charge is -2.67. The average molecular weight is 598 g/mol. The molecule has 2 heteroatoms. The Morgan fingerprint density at radius 3 is 1.82 bits per heavy atom. The molecule has 2 heterocycles. The zero-order chi connectivity index (χ0) is 28.5. The molecule has 0 radical (unpaired) electrons. The third-order valence-electron chi connectivity index (χ3n) is 15.2. The van der Waals surface area contributed by atoms with Crippen LogP contribution in [0.15, 0.2) is 60.7 Å². The smallest absolute Gasteiger partial charge is 0.0675 e. The van der Waals surface area contributed by atoms with Gasteiger partial charge in [0.15, 0.2) is 0 Å². The highest BCUT2D eigenvalue weighted by Gasteiger charge is 2.62. The molecule has 0 amide bonds. The summed E-state index contributed by atoms with van der Waals surface area (Å²) in [6, 6.07) is 24.1. The zero-order valence-corrected chi connectivity index (χ0v) is 27.0. The number of para-hydroxylation sites is 1. The monoisotopic (exact) mass is 597 g/mol. The Morgan fingerprint density at radius 2 is 1.07 bits per heavy atom. The van der Waals surface area contributed by atoms with Crippen LogP contribution in [0, 0.1) is 59.2 Å². The summed E-state index contributed by atoms with van der Waals surface area (Å²) >= 11 is 2.04. The largest absolute Gasteiger partial charge is 0.336 e. The van der Waals surface area contributed by atoms with Gasteiger partial charge in [0.25, 0.3) is 0 Å². The van der Waals surface area contributed by atoms with Gasteiger partial charge in [-0.3, -0.25) is 0 Å². The number of hydrogen-bond acceptors (Lipinski definition) is 1. The van der Waals surface area contributed by atoms with E-state index in [0.29, 0.717) is 6.04 Å². The standard InChI is InChI=1S/C42H47NS/c1-2-10-26-25(9-1)30-13-7-15-32-27-20-19-24(23-36(27)33-16-8-14-31(26)40(33)39(30)32)43-37-17-5-3-11-28(37)34-21-22-35-29-12-4-6-18-38(29)44-42(35)41(34)43/h3-6,11-12,17-18,21-22,24-27,30-33,36,39-40H,1-2,7-10,13-16,19-20,23H2. The van der Waals surface area contributed by atoms with Gasteiger partial charge < -0.3 is 4.57 Å². The highest BCUT2D eigenvalue weighted by atomic mass is 32.1. The number of fused-ring (bicyclic) bond motifs is 13. The summed E-state index contributed by atoms with van der Waals surface area (Å²) in [6.45, 7) is 0. The molecule has 0 bridgehead atoms. The van der Waals surface area contributed by atoms with E-state index in [1.165, 1.54) is 75.0 Å². The van der Waals surface area contributed by atoms with Gasteiger partial charge in [0, 0.05) is 37.8 Å². The van der Waals surface area contributed by atoms with Crippen molar-refractivity contribution < 1.29 is 0 Å². The fourth-order valence-corrected chi connectivity index (χ4v) is 15.3. The van der Waals surface area contributed by atoms with E-state index in [1.807, 2.05) is 11.3 Å². The van der Waals surface area contributed by atoms with Crippen molar-refractivity contribution in [3.63, 3.8) is 0 Å². The van der Waals surface area contributed by atoms with Gasteiger partial charge in [-0.15, -0.1) is 11.3 Å². The molecule has 1 nitrogen and oxygen atoms in total. The summed E-state index contributed by atoms with van der Waals surface area (Å²) in [4.78, 5) is 0. The minimum atomic E-state index is 0.636. The van der Waals surface area contributed by atoms with Gasteiger partial charge >= 0.3 is 0 Å². The van der Waals surface area contributed by atoms with Crippen LogP contribution in [0.1, 0.15) is 89.5 Å². The molecule has 11 unspecified atom stereocenters. The van der Waals surface area contributed by atoms with E-state index in [1.54, 1.807) is 50.5 Å². The molecular weight excluding hydrogens is 551 g/mol. The lowest BCUT2D eigenvalue weighted by molar-refractivity contribution is -0.189. The highest BCUT2D eigenvalue weighted by molar-refractivity contribution is 7.26. The van der Waals surface area contributed by atoms with Crippen LogP contribution in [0.3, 0.4) is 0 Å². The topological polar surface area (TPSA) is 4.93 Å². The molecule has 11 atom stereocenters. The minimum Gasteiger partial charge on any atom is -0.336 e. The lowest BCUT2D eigenvalue weighted by Crippen LogP contribution is -2.61. The van der Waals surface area contributed by atoms with E-state index < -0.39 is 0 Å². The number of thiophene rings is 1. The molecule has 0 saturated heterocycles.